The highest BCUT2D eigenvalue weighted by atomic mass is 79.9. The van der Waals surface area contributed by atoms with Gasteiger partial charge in [0.05, 0.1) is 0 Å². The average Bonchev–Trinajstić information content (AvgIpc) is 3.13. The molecule has 0 aromatic heterocycles. The number of carbonyl (C=O) groups is 1. The summed E-state index contributed by atoms with van der Waals surface area (Å²) in [4.78, 5) is 26.3. The van der Waals surface area contributed by atoms with Crippen molar-refractivity contribution in [2.75, 3.05) is 13.2 Å². The number of carbonyl (C=O) groups excluding carboxylic acids is 1. The third kappa shape index (κ3) is 4.65. The molecule has 6 nitrogen and oxygen atoms in total. The molecule has 0 bridgehead atoms. The molecule has 2 heterocycles. The molecule has 2 aliphatic rings. The lowest BCUT2D eigenvalue weighted by Gasteiger charge is -2.43. The molecule has 0 fully saturated rings. The van der Waals surface area contributed by atoms with Gasteiger partial charge in [0.15, 0.2) is 10.8 Å². The van der Waals surface area contributed by atoms with Crippen LogP contribution in [-0.4, -0.2) is 55.2 Å². The predicted molar refractivity (Wildman–Crippen MR) is 141 cm³/mol. The van der Waals surface area contributed by atoms with Gasteiger partial charge in [-0.25, -0.2) is 9.98 Å². The number of hydrogen-bond acceptors (Lipinski definition) is 5. The van der Waals surface area contributed by atoms with Crippen LogP contribution in [0.15, 0.2) is 75.6 Å². The van der Waals surface area contributed by atoms with E-state index in [0.717, 1.165) is 12.8 Å². The molecule has 1 amide bonds. The monoisotopic (exact) mass is 524 g/mol. The van der Waals surface area contributed by atoms with Crippen molar-refractivity contribution in [2.45, 2.75) is 44.7 Å². The van der Waals surface area contributed by atoms with E-state index in [-0.39, 0.29) is 10.9 Å². The number of fused-ring (bicyclic) bond motifs is 1. The van der Waals surface area contributed by atoms with Crippen LogP contribution in [0.1, 0.15) is 33.6 Å². The molecule has 172 valence electrons. The lowest BCUT2D eigenvalue weighted by Crippen LogP contribution is -2.66. The Morgan fingerprint density at radius 3 is 2.18 bits per heavy atom. The third-order valence-electron chi connectivity index (χ3n) is 6.10. The van der Waals surface area contributed by atoms with Crippen LogP contribution < -0.4 is 10.4 Å². The van der Waals surface area contributed by atoms with E-state index < -0.39 is 14.4 Å². The van der Waals surface area contributed by atoms with Crippen molar-refractivity contribution in [3.63, 3.8) is 0 Å². The predicted octanol–water partition coefficient (Wildman–Crippen LogP) is 3.75. The summed E-state index contributed by atoms with van der Waals surface area (Å²) in [5.74, 6) is 0.379. The quantitative estimate of drug-likeness (QED) is 0.300. The second kappa shape index (κ2) is 9.83. The number of benzene rings is 2. The van der Waals surface area contributed by atoms with Crippen LogP contribution in [0.25, 0.3) is 0 Å². The number of rotatable bonds is 8. The third-order valence-corrected chi connectivity index (χ3v) is 11.8. The van der Waals surface area contributed by atoms with Crippen molar-refractivity contribution in [1.29, 1.82) is 0 Å². The van der Waals surface area contributed by atoms with E-state index in [1.807, 2.05) is 4.90 Å². The van der Waals surface area contributed by atoms with Gasteiger partial charge in [-0.2, -0.15) is 4.99 Å². The maximum absolute atomic E-state index is 12.0. The first kappa shape index (κ1) is 23.7. The molecule has 2 aliphatic heterocycles. The molecule has 0 saturated heterocycles. The van der Waals surface area contributed by atoms with Crippen LogP contribution in [0, 0.1) is 0 Å². The molecule has 2 aromatic carbocycles. The topological polar surface area (TPSA) is 66.6 Å². The fourth-order valence-electron chi connectivity index (χ4n) is 4.56. The van der Waals surface area contributed by atoms with Crippen LogP contribution >= 0.6 is 15.9 Å². The van der Waals surface area contributed by atoms with Gasteiger partial charge in [-0.05, 0) is 44.2 Å². The van der Waals surface area contributed by atoms with Crippen LogP contribution in [0.4, 0.5) is 0 Å². The van der Waals surface area contributed by atoms with Gasteiger partial charge in [0, 0.05) is 13.2 Å². The van der Waals surface area contributed by atoms with E-state index in [1.165, 1.54) is 16.7 Å². The van der Waals surface area contributed by atoms with Crippen molar-refractivity contribution >= 4 is 57.4 Å². The Hall–Kier alpha value is -2.42. The fraction of sp³-hybridized carbons (Fsp3) is 0.360. The highest BCUT2D eigenvalue weighted by molar-refractivity contribution is 9.18. The van der Waals surface area contributed by atoms with Crippen molar-refractivity contribution in [3.8, 4) is 0 Å². The summed E-state index contributed by atoms with van der Waals surface area (Å²) in [6.45, 7) is 8.24. The van der Waals surface area contributed by atoms with E-state index in [9.17, 15) is 4.79 Å². The van der Waals surface area contributed by atoms with Gasteiger partial charge in [0.1, 0.15) is 12.2 Å². The number of amides is 1. The number of aliphatic imine (C=N–C) groups is 3. The molecule has 1 atom stereocenters. The number of hydrogen-bond donors (Lipinski definition) is 0. The molecular weight excluding hydrogens is 496 g/mol. The zero-order chi connectivity index (χ0) is 23.5. The van der Waals surface area contributed by atoms with Crippen LogP contribution in [-0.2, 0) is 9.22 Å². The largest absolute Gasteiger partial charge is 0.407 e. The highest BCUT2D eigenvalue weighted by Crippen LogP contribution is 2.36. The lowest BCUT2D eigenvalue weighted by atomic mass is 10.2. The molecule has 33 heavy (non-hydrogen) atoms. The maximum Gasteiger partial charge on any atom is 0.279 e. The first-order chi connectivity index (χ1) is 15.8. The van der Waals surface area contributed by atoms with Gasteiger partial charge in [-0.15, -0.1) is 0 Å². The van der Waals surface area contributed by atoms with Crippen LogP contribution in [0.3, 0.4) is 0 Å². The summed E-state index contributed by atoms with van der Waals surface area (Å²) in [5, 5.41) is 2.54. The number of nitrogens with zero attached hydrogens (tertiary/aromatic N) is 4. The summed E-state index contributed by atoms with van der Waals surface area (Å²) in [6, 6.07) is 20.8. The molecule has 4 rings (SSSR count). The molecule has 0 saturated carbocycles. The van der Waals surface area contributed by atoms with Gasteiger partial charge in [-0.3, -0.25) is 4.79 Å². The molecule has 8 heteroatoms. The van der Waals surface area contributed by atoms with E-state index in [1.54, 1.807) is 0 Å². The standard InChI is InChI=1S/C25H29BrN4O2Si/c1-25(2,3)33(19-12-6-4-7-13-19,20-14-8-5-9-15-20)32-17-11-10-16-30-22-21(29-24(30)26)23(31)28-18-27-22/h4-9,12-15,18,21H,10-11,16-17H2,1-3H3. The van der Waals surface area contributed by atoms with Crippen LogP contribution in [0.2, 0.25) is 5.04 Å². The molecular formula is C25H29BrN4O2Si. The Morgan fingerprint density at radius 2 is 1.61 bits per heavy atom. The first-order valence-corrected chi connectivity index (χ1v) is 13.9. The molecule has 0 N–H and O–H groups in total. The maximum atomic E-state index is 12.0. The minimum absolute atomic E-state index is 0.0376. The second-order valence-corrected chi connectivity index (χ2v) is 14.3. The van der Waals surface area contributed by atoms with Gasteiger partial charge in [0.25, 0.3) is 14.2 Å². The minimum atomic E-state index is -2.51. The average molecular weight is 526 g/mol. The summed E-state index contributed by atoms with van der Waals surface area (Å²) in [5.41, 5.74) is 0. The summed E-state index contributed by atoms with van der Waals surface area (Å²) in [7, 11) is -2.51. The Kier molecular flexibility index (Phi) is 7.07. The molecule has 2 aromatic rings. The smallest absolute Gasteiger partial charge is 0.279 e. The van der Waals surface area contributed by atoms with Gasteiger partial charge >= 0.3 is 0 Å². The van der Waals surface area contributed by atoms with Crippen molar-refractivity contribution < 1.29 is 9.22 Å². The van der Waals surface area contributed by atoms with E-state index in [2.05, 4.69) is 112 Å². The Balaban J connectivity index is 1.47. The normalized spacial score (nSPS) is 18.2. The van der Waals surface area contributed by atoms with Crippen molar-refractivity contribution in [1.82, 2.24) is 4.90 Å². The van der Waals surface area contributed by atoms with E-state index in [0.29, 0.717) is 23.7 Å². The van der Waals surface area contributed by atoms with Gasteiger partial charge in [-0.1, -0.05) is 81.4 Å². The minimum Gasteiger partial charge on any atom is -0.407 e. The van der Waals surface area contributed by atoms with Gasteiger partial charge < -0.3 is 9.33 Å². The number of unbranched alkanes of at least 4 members (excludes halogenated alkanes) is 1. The second-order valence-electron chi connectivity index (χ2n) is 9.24. The molecule has 0 spiro atoms. The Bertz CT molecular complexity index is 1040. The SMILES string of the molecule is CC(C)(C)[Si](OCCCCN1C(Br)=NC2C(=O)N=CN=C21)(c1ccccc1)c1ccccc1. The zero-order valence-electron chi connectivity index (χ0n) is 19.2. The first-order valence-electron chi connectivity index (χ1n) is 11.2. The molecule has 1 unspecified atom stereocenters. The van der Waals surface area contributed by atoms with Crippen molar-refractivity contribution in [3.05, 3.63) is 60.7 Å². The number of amidine groups is 2. The Labute approximate surface area is 204 Å². The fourth-order valence-corrected chi connectivity index (χ4v) is 9.73. The van der Waals surface area contributed by atoms with Crippen molar-refractivity contribution in [2.24, 2.45) is 15.0 Å². The highest BCUT2D eigenvalue weighted by Gasteiger charge is 2.50. The van der Waals surface area contributed by atoms with E-state index >= 15 is 0 Å². The number of halogens is 1. The van der Waals surface area contributed by atoms with E-state index in [4.69, 9.17) is 4.43 Å². The summed E-state index contributed by atoms with van der Waals surface area (Å²) >= 11 is 3.47. The molecule has 0 aliphatic carbocycles. The Morgan fingerprint density at radius 1 is 1.00 bits per heavy atom. The zero-order valence-corrected chi connectivity index (χ0v) is 21.8. The van der Waals surface area contributed by atoms with Crippen LogP contribution in [0.5, 0.6) is 0 Å². The summed E-state index contributed by atoms with van der Waals surface area (Å²) < 4.78 is 7.59. The molecule has 0 radical (unpaired) electrons. The lowest BCUT2D eigenvalue weighted by molar-refractivity contribution is -0.117. The summed E-state index contributed by atoms with van der Waals surface area (Å²) in [6.07, 6.45) is 3.09. The van der Waals surface area contributed by atoms with Gasteiger partial charge in [0.2, 0.25) is 0 Å².